The Morgan fingerprint density at radius 2 is 2.05 bits per heavy atom. The zero-order chi connectivity index (χ0) is 14.3. The molecule has 1 saturated carbocycles. The zero-order valence-electron chi connectivity index (χ0n) is 10.9. The number of sulfonamides is 1. The molecule has 1 aliphatic rings. The first-order chi connectivity index (χ1) is 8.73. The van der Waals surface area contributed by atoms with Gasteiger partial charge in [0.2, 0.25) is 10.0 Å². The van der Waals surface area contributed by atoms with Gasteiger partial charge in [0.15, 0.2) is 0 Å². The number of carboxylic acids is 1. The molecule has 0 unspecified atom stereocenters. The van der Waals surface area contributed by atoms with Crippen LogP contribution in [0.5, 0.6) is 0 Å². The highest BCUT2D eigenvalue weighted by Gasteiger charge is 2.38. The number of rotatable bonds is 5. The zero-order valence-corrected chi connectivity index (χ0v) is 11.8. The lowest BCUT2D eigenvalue weighted by molar-refractivity contribution is 0.0696. The van der Waals surface area contributed by atoms with Gasteiger partial charge in [-0.3, -0.25) is 0 Å². The highest BCUT2D eigenvalue weighted by Crippen LogP contribution is 2.44. The first-order valence-corrected chi connectivity index (χ1v) is 7.55. The lowest BCUT2D eigenvalue weighted by Crippen LogP contribution is -2.29. The van der Waals surface area contributed by atoms with E-state index in [1.807, 2.05) is 6.92 Å². The number of benzene rings is 1. The van der Waals surface area contributed by atoms with E-state index in [0.717, 1.165) is 12.8 Å². The summed E-state index contributed by atoms with van der Waals surface area (Å²) < 4.78 is 27.0. The van der Waals surface area contributed by atoms with Gasteiger partial charge in [0.05, 0.1) is 10.5 Å². The monoisotopic (exact) mass is 283 g/mol. The Balaban J connectivity index is 2.28. The van der Waals surface area contributed by atoms with Gasteiger partial charge in [-0.05, 0) is 42.9 Å². The summed E-state index contributed by atoms with van der Waals surface area (Å²) in [4.78, 5) is 10.9. The van der Waals surface area contributed by atoms with Gasteiger partial charge >= 0.3 is 5.97 Å². The van der Waals surface area contributed by atoms with Crippen LogP contribution in [0.25, 0.3) is 0 Å². The molecule has 0 aromatic heterocycles. The maximum atomic E-state index is 12.2. The van der Waals surface area contributed by atoms with E-state index in [0.29, 0.717) is 12.1 Å². The number of aryl methyl sites for hydroxylation is 1. The van der Waals surface area contributed by atoms with Crippen molar-refractivity contribution in [1.29, 1.82) is 0 Å². The minimum absolute atomic E-state index is 0.0244. The van der Waals surface area contributed by atoms with E-state index in [-0.39, 0.29) is 15.9 Å². The maximum Gasteiger partial charge on any atom is 0.335 e. The second-order valence-corrected chi connectivity index (χ2v) is 7.16. The number of hydrogen-bond acceptors (Lipinski definition) is 3. The van der Waals surface area contributed by atoms with Crippen LogP contribution in [0.3, 0.4) is 0 Å². The van der Waals surface area contributed by atoms with E-state index in [2.05, 4.69) is 4.72 Å². The molecule has 1 aromatic rings. The Bertz CT molecular complexity index is 618. The van der Waals surface area contributed by atoms with Crippen LogP contribution in [-0.2, 0) is 10.0 Å². The van der Waals surface area contributed by atoms with Crippen molar-refractivity contribution in [3.8, 4) is 0 Å². The molecule has 0 amide bonds. The molecule has 0 bridgehead atoms. The van der Waals surface area contributed by atoms with E-state index in [1.54, 1.807) is 6.92 Å². The average Bonchev–Trinajstić information content (AvgIpc) is 3.06. The predicted molar refractivity (Wildman–Crippen MR) is 70.7 cm³/mol. The van der Waals surface area contributed by atoms with E-state index in [9.17, 15) is 13.2 Å². The molecule has 0 aliphatic heterocycles. The van der Waals surface area contributed by atoms with E-state index >= 15 is 0 Å². The van der Waals surface area contributed by atoms with Crippen molar-refractivity contribution in [2.45, 2.75) is 31.6 Å². The van der Waals surface area contributed by atoms with Crippen molar-refractivity contribution in [3.63, 3.8) is 0 Å². The fourth-order valence-corrected chi connectivity index (χ4v) is 3.23. The van der Waals surface area contributed by atoms with Crippen LogP contribution in [-0.4, -0.2) is 26.0 Å². The minimum Gasteiger partial charge on any atom is -0.478 e. The summed E-state index contributed by atoms with van der Waals surface area (Å²) in [5, 5.41) is 8.92. The molecule has 2 N–H and O–H groups in total. The van der Waals surface area contributed by atoms with Crippen LogP contribution in [0.15, 0.2) is 23.1 Å². The molecule has 0 heterocycles. The highest BCUT2D eigenvalue weighted by molar-refractivity contribution is 7.89. The highest BCUT2D eigenvalue weighted by atomic mass is 32.2. The lowest BCUT2D eigenvalue weighted by Gasteiger charge is -2.13. The topological polar surface area (TPSA) is 83.5 Å². The fourth-order valence-electron chi connectivity index (χ4n) is 1.76. The summed E-state index contributed by atoms with van der Waals surface area (Å²) in [6.45, 7) is 4.07. The molecule has 0 saturated heterocycles. The van der Waals surface area contributed by atoms with Gasteiger partial charge in [0.1, 0.15) is 0 Å². The molecule has 0 spiro atoms. The second kappa shape index (κ2) is 4.61. The number of nitrogens with one attached hydrogen (secondary N) is 1. The van der Waals surface area contributed by atoms with E-state index in [4.69, 9.17) is 5.11 Å². The van der Waals surface area contributed by atoms with Gasteiger partial charge in [0.25, 0.3) is 0 Å². The molecular formula is C13H17NO4S. The summed E-state index contributed by atoms with van der Waals surface area (Å²) in [6.07, 6.45) is 2.04. The third-order valence-corrected chi connectivity index (χ3v) is 5.06. The predicted octanol–water partition coefficient (Wildman–Crippen LogP) is 1.77. The van der Waals surface area contributed by atoms with Crippen molar-refractivity contribution < 1.29 is 18.3 Å². The minimum atomic E-state index is -3.65. The number of carboxylic acid groups (broad SMARTS) is 1. The molecule has 0 atom stereocenters. The molecule has 2 rings (SSSR count). The van der Waals surface area contributed by atoms with Gasteiger partial charge in [-0.15, -0.1) is 0 Å². The summed E-state index contributed by atoms with van der Waals surface area (Å²) >= 11 is 0. The molecule has 1 fully saturated rings. The average molecular weight is 283 g/mol. The Hall–Kier alpha value is -1.40. The summed E-state index contributed by atoms with van der Waals surface area (Å²) in [7, 11) is -3.65. The number of carbonyl (C=O) groups is 1. The Morgan fingerprint density at radius 1 is 1.42 bits per heavy atom. The fraction of sp³-hybridized carbons (Fsp3) is 0.462. The first-order valence-electron chi connectivity index (χ1n) is 6.07. The molecule has 1 aliphatic carbocycles. The molecule has 104 valence electrons. The Labute approximate surface area is 112 Å². The van der Waals surface area contributed by atoms with Crippen molar-refractivity contribution in [1.82, 2.24) is 4.72 Å². The van der Waals surface area contributed by atoms with Crippen molar-refractivity contribution in [3.05, 3.63) is 29.3 Å². The van der Waals surface area contributed by atoms with Gasteiger partial charge in [-0.1, -0.05) is 13.0 Å². The molecule has 6 heteroatoms. The SMILES string of the molecule is Cc1ccc(C(=O)O)cc1S(=O)(=O)NCC1(C)CC1. The van der Waals surface area contributed by atoms with Crippen molar-refractivity contribution >= 4 is 16.0 Å². The van der Waals surface area contributed by atoms with E-state index in [1.165, 1.54) is 18.2 Å². The van der Waals surface area contributed by atoms with Crippen molar-refractivity contribution in [2.24, 2.45) is 5.41 Å². The summed E-state index contributed by atoms with van der Waals surface area (Å²) in [5.41, 5.74) is 0.577. The third-order valence-electron chi connectivity index (χ3n) is 3.52. The molecule has 1 aromatic carbocycles. The standard InChI is InChI=1S/C13H17NO4S/c1-9-3-4-10(12(15)16)7-11(9)19(17,18)14-8-13(2)5-6-13/h3-4,7,14H,5-6,8H2,1-2H3,(H,15,16). The van der Waals surface area contributed by atoms with Crippen LogP contribution < -0.4 is 4.72 Å². The largest absolute Gasteiger partial charge is 0.478 e. The normalized spacial score (nSPS) is 17.2. The Morgan fingerprint density at radius 3 is 2.58 bits per heavy atom. The molecule has 0 radical (unpaired) electrons. The molecular weight excluding hydrogens is 266 g/mol. The van der Waals surface area contributed by atoms with Crippen molar-refractivity contribution in [2.75, 3.05) is 6.54 Å². The van der Waals surface area contributed by atoms with Crippen LogP contribution in [0, 0.1) is 12.3 Å². The number of hydrogen-bond donors (Lipinski definition) is 2. The summed E-state index contributed by atoms with van der Waals surface area (Å²) in [6, 6.07) is 4.12. The lowest BCUT2D eigenvalue weighted by atomic mass is 10.1. The smallest absolute Gasteiger partial charge is 0.335 e. The maximum absolute atomic E-state index is 12.2. The van der Waals surface area contributed by atoms with E-state index < -0.39 is 16.0 Å². The summed E-state index contributed by atoms with van der Waals surface area (Å²) in [5.74, 6) is -1.13. The molecule has 5 nitrogen and oxygen atoms in total. The molecule has 19 heavy (non-hydrogen) atoms. The quantitative estimate of drug-likeness (QED) is 0.862. The second-order valence-electron chi connectivity index (χ2n) is 5.42. The van der Waals surface area contributed by atoms with Crippen LogP contribution in [0.2, 0.25) is 0 Å². The van der Waals surface area contributed by atoms with Crippen LogP contribution in [0.4, 0.5) is 0 Å². The number of aromatic carboxylic acids is 1. The van der Waals surface area contributed by atoms with Gasteiger partial charge < -0.3 is 5.11 Å². The Kier molecular flexibility index (Phi) is 3.40. The van der Waals surface area contributed by atoms with Crippen LogP contribution in [0.1, 0.15) is 35.7 Å². The third kappa shape index (κ3) is 3.13. The van der Waals surface area contributed by atoms with Gasteiger partial charge in [-0.2, -0.15) is 0 Å². The van der Waals surface area contributed by atoms with Gasteiger partial charge in [-0.25, -0.2) is 17.9 Å². The first kappa shape index (κ1) is 14.0. The van der Waals surface area contributed by atoms with Crippen LogP contribution >= 0.6 is 0 Å². The van der Waals surface area contributed by atoms with Gasteiger partial charge in [0, 0.05) is 6.54 Å².